The highest BCUT2D eigenvalue weighted by molar-refractivity contribution is 6.21. The SMILES string of the molecule is CC(C)(C)NC(=O)CN1CCCN(C(=O)CCCN2C(=O)c3ccccc3C2=O)CC1. The third kappa shape index (κ3) is 5.91. The van der Waals surface area contributed by atoms with E-state index in [1.54, 1.807) is 24.3 Å². The molecule has 4 amide bonds. The molecular weight excluding hydrogens is 396 g/mol. The molecule has 0 atom stereocenters. The van der Waals surface area contributed by atoms with Crippen molar-refractivity contribution < 1.29 is 19.2 Å². The van der Waals surface area contributed by atoms with E-state index < -0.39 is 0 Å². The second-order valence-corrected chi connectivity index (χ2v) is 9.22. The quantitative estimate of drug-likeness (QED) is 0.694. The number of amides is 4. The number of nitrogens with zero attached hydrogens (tertiary/aromatic N) is 3. The summed E-state index contributed by atoms with van der Waals surface area (Å²) in [7, 11) is 0. The Morgan fingerprint density at radius 1 is 0.968 bits per heavy atom. The summed E-state index contributed by atoms with van der Waals surface area (Å²) in [5, 5.41) is 2.97. The van der Waals surface area contributed by atoms with Crippen LogP contribution in [0.2, 0.25) is 0 Å². The van der Waals surface area contributed by atoms with Crippen molar-refractivity contribution >= 4 is 23.6 Å². The van der Waals surface area contributed by atoms with Crippen LogP contribution in [0, 0.1) is 0 Å². The molecule has 1 fully saturated rings. The summed E-state index contributed by atoms with van der Waals surface area (Å²) < 4.78 is 0. The molecule has 1 aromatic carbocycles. The summed E-state index contributed by atoms with van der Waals surface area (Å²) in [5.74, 6) is -0.551. The Bertz CT molecular complexity index is 826. The van der Waals surface area contributed by atoms with Crippen molar-refractivity contribution in [2.24, 2.45) is 0 Å². The number of hydrogen-bond acceptors (Lipinski definition) is 5. The molecule has 2 aliphatic heterocycles. The predicted molar refractivity (Wildman–Crippen MR) is 117 cm³/mol. The number of benzene rings is 1. The minimum Gasteiger partial charge on any atom is -0.350 e. The molecule has 1 aromatic rings. The first kappa shape index (κ1) is 22.9. The minimum atomic E-state index is -0.285. The van der Waals surface area contributed by atoms with Crippen LogP contribution < -0.4 is 5.32 Å². The number of carbonyl (C=O) groups is 4. The maximum absolute atomic E-state index is 12.7. The van der Waals surface area contributed by atoms with Gasteiger partial charge < -0.3 is 10.2 Å². The molecule has 31 heavy (non-hydrogen) atoms. The maximum atomic E-state index is 12.7. The molecular formula is C23H32N4O4. The Hall–Kier alpha value is -2.74. The smallest absolute Gasteiger partial charge is 0.261 e. The number of carbonyl (C=O) groups excluding carboxylic acids is 4. The van der Waals surface area contributed by atoms with Crippen molar-refractivity contribution in [1.82, 2.24) is 20.0 Å². The van der Waals surface area contributed by atoms with E-state index >= 15 is 0 Å². The fraction of sp³-hybridized carbons (Fsp3) is 0.565. The van der Waals surface area contributed by atoms with Gasteiger partial charge >= 0.3 is 0 Å². The van der Waals surface area contributed by atoms with Crippen LogP contribution >= 0.6 is 0 Å². The predicted octanol–water partition coefficient (Wildman–Crippen LogP) is 1.51. The van der Waals surface area contributed by atoms with Crippen LogP contribution in [-0.2, 0) is 9.59 Å². The molecule has 0 radical (unpaired) electrons. The molecule has 8 nitrogen and oxygen atoms in total. The zero-order chi connectivity index (χ0) is 22.6. The zero-order valence-electron chi connectivity index (χ0n) is 18.6. The monoisotopic (exact) mass is 428 g/mol. The highest BCUT2D eigenvalue weighted by atomic mass is 16.2. The summed E-state index contributed by atoms with van der Waals surface area (Å²) in [6.45, 7) is 9.10. The molecule has 0 bridgehead atoms. The van der Waals surface area contributed by atoms with Gasteiger partial charge in [0.2, 0.25) is 11.8 Å². The molecule has 2 heterocycles. The Morgan fingerprint density at radius 3 is 2.23 bits per heavy atom. The molecule has 0 saturated carbocycles. The van der Waals surface area contributed by atoms with E-state index in [2.05, 4.69) is 10.2 Å². The van der Waals surface area contributed by atoms with Crippen molar-refractivity contribution in [2.75, 3.05) is 39.3 Å². The highest BCUT2D eigenvalue weighted by Gasteiger charge is 2.34. The number of hydrogen-bond donors (Lipinski definition) is 1. The average molecular weight is 429 g/mol. The van der Waals surface area contributed by atoms with E-state index in [0.29, 0.717) is 43.7 Å². The van der Waals surface area contributed by atoms with Gasteiger partial charge in [-0.25, -0.2) is 0 Å². The first-order valence-electron chi connectivity index (χ1n) is 10.9. The Morgan fingerprint density at radius 2 is 1.61 bits per heavy atom. The van der Waals surface area contributed by atoms with Gasteiger partial charge in [-0.2, -0.15) is 0 Å². The summed E-state index contributed by atoms with van der Waals surface area (Å²) in [6, 6.07) is 6.80. The lowest BCUT2D eigenvalue weighted by atomic mass is 10.1. The van der Waals surface area contributed by atoms with Crippen LogP contribution in [0.5, 0.6) is 0 Å². The van der Waals surface area contributed by atoms with Gasteiger partial charge in [0.25, 0.3) is 11.8 Å². The maximum Gasteiger partial charge on any atom is 0.261 e. The van der Waals surface area contributed by atoms with Gasteiger partial charge in [-0.05, 0) is 45.7 Å². The van der Waals surface area contributed by atoms with Crippen LogP contribution in [0.15, 0.2) is 24.3 Å². The number of rotatable bonds is 6. The van der Waals surface area contributed by atoms with Gasteiger partial charge in [-0.3, -0.25) is 29.0 Å². The minimum absolute atomic E-state index is 0.00628. The van der Waals surface area contributed by atoms with Gasteiger partial charge in [-0.15, -0.1) is 0 Å². The Labute approximate surface area is 183 Å². The fourth-order valence-electron chi connectivity index (χ4n) is 4.03. The Kier molecular flexibility index (Phi) is 7.10. The van der Waals surface area contributed by atoms with Crippen LogP contribution in [0.1, 0.15) is 60.7 Å². The van der Waals surface area contributed by atoms with Gasteiger partial charge in [0, 0.05) is 44.7 Å². The molecule has 0 aromatic heterocycles. The molecule has 2 aliphatic rings. The van der Waals surface area contributed by atoms with E-state index in [4.69, 9.17) is 0 Å². The molecule has 8 heteroatoms. The second kappa shape index (κ2) is 9.60. The molecule has 0 unspecified atom stereocenters. The highest BCUT2D eigenvalue weighted by Crippen LogP contribution is 2.22. The topological polar surface area (TPSA) is 90.0 Å². The number of imide groups is 1. The number of nitrogens with one attached hydrogen (secondary N) is 1. The molecule has 1 saturated heterocycles. The zero-order valence-corrected chi connectivity index (χ0v) is 18.6. The third-order valence-electron chi connectivity index (χ3n) is 5.47. The van der Waals surface area contributed by atoms with Crippen molar-refractivity contribution in [3.05, 3.63) is 35.4 Å². The molecule has 168 valence electrons. The third-order valence-corrected chi connectivity index (χ3v) is 5.47. The van der Waals surface area contributed by atoms with Crippen LogP contribution in [0.25, 0.3) is 0 Å². The summed E-state index contributed by atoms with van der Waals surface area (Å²) in [6.07, 6.45) is 1.55. The van der Waals surface area contributed by atoms with Gasteiger partial charge in [0.15, 0.2) is 0 Å². The van der Waals surface area contributed by atoms with Crippen LogP contribution in [0.3, 0.4) is 0 Å². The molecule has 0 spiro atoms. The molecule has 3 rings (SSSR count). The van der Waals surface area contributed by atoms with Crippen molar-refractivity contribution in [2.45, 2.75) is 45.6 Å². The van der Waals surface area contributed by atoms with E-state index in [1.807, 2.05) is 25.7 Å². The summed E-state index contributed by atoms with van der Waals surface area (Å²) in [5.41, 5.74) is 0.605. The lowest BCUT2D eigenvalue weighted by molar-refractivity contribution is -0.131. The average Bonchev–Trinajstić information content (AvgIpc) is 2.85. The van der Waals surface area contributed by atoms with E-state index in [9.17, 15) is 19.2 Å². The lowest BCUT2D eigenvalue weighted by Crippen LogP contribution is -2.46. The van der Waals surface area contributed by atoms with Gasteiger partial charge in [-0.1, -0.05) is 12.1 Å². The second-order valence-electron chi connectivity index (χ2n) is 9.22. The van der Waals surface area contributed by atoms with E-state index in [-0.39, 0.29) is 42.1 Å². The van der Waals surface area contributed by atoms with E-state index in [1.165, 1.54) is 4.90 Å². The van der Waals surface area contributed by atoms with Crippen LogP contribution in [0.4, 0.5) is 0 Å². The molecule has 0 aliphatic carbocycles. The van der Waals surface area contributed by atoms with Gasteiger partial charge in [0.05, 0.1) is 17.7 Å². The number of fused-ring (bicyclic) bond motifs is 1. The first-order chi connectivity index (χ1) is 14.7. The van der Waals surface area contributed by atoms with Crippen LogP contribution in [-0.4, -0.2) is 83.1 Å². The van der Waals surface area contributed by atoms with E-state index in [0.717, 1.165) is 13.0 Å². The van der Waals surface area contributed by atoms with Crippen molar-refractivity contribution in [3.63, 3.8) is 0 Å². The lowest BCUT2D eigenvalue weighted by Gasteiger charge is -2.25. The standard InChI is InChI=1S/C23H32N4O4/c1-23(2,3)24-19(28)16-25-11-7-12-26(15-14-25)20(29)10-6-13-27-21(30)17-8-4-5-9-18(17)22(27)31/h4-5,8-9H,6-7,10-16H2,1-3H3,(H,24,28). The first-order valence-corrected chi connectivity index (χ1v) is 10.9. The fourth-order valence-corrected chi connectivity index (χ4v) is 4.03. The summed E-state index contributed by atoms with van der Waals surface area (Å²) >= 11 is 0. The largest absolute Gasteiger partial charge is 0.350 e. The normalized spacial score (nSPS) is 17.5. The van der Waals surface area contributed by atoms with Crippen molar-refractivity contribution in [3.8, 4) is 0 Å². The van der Waals surface area contributed by atoms with Gasteiger partial charge in [0.1, 0.15) is 0 Å². The van der Waals surface area contributed by atoms with Crippen molar-refractivity contribution in [1.29, 1.82) is 0 Å². The Balaban J connectivity index is 1.43. The molecule has 1 N–H and O–H groups in total. The summed E-state index contributed by atoms with van der Waals surface area (Å²) in [4.78, 5) is 54.8.